The minimum Gasteiger partial charge on any atom is -0.134 e. The molecule has 0 aliphatic rings. The van der Waals surface area contributed by atoms with Crippen LogP contribution in [0.15, 0.2) is 91.5 Å². The molecule has 6 aromatic rings. The predicted molar refractivity (Wildman–Crippen MR) is 135 cm³/mol. The Labute approximate surface area is 179 Å². The molecule has 0 N–H and O–H groups in total. The van der Waals surface area contributed by atoms with Gasteiger partial charge in [-0.3, -0.25) is 0 Å². The lowest BCUT2D eigenvalue weighted by Crippen LogP contribution is -1.86. The van der Waals surface area contributed by atoms with Gasteiger partial charge in [0.2, 0.25) is 0 Å². The van der Waals surface area contributed by atoms with E-state index in [1.807, 2.05) is 17.4 Å². The first-order valence-corrected chi connectivity index (χ1v) is 11.1. The monoisotopic (exact) mass is 400 g/mol. The van der Waals surface area contributed by atoms with Gasteiger partial charge in [0, 0.05) is 25.7 Å². The maximum absolute atomic E-state index is 3.93. The quantitative estimate of drug-likeness (QED) is 0.272. The van der Waals surface area contributed by atoms with Gasteiger partial charge in [-0.1, -0.05) is 85.5 Å². The number of aryl methyl sites for hydroxylation is 1. The van der Waals surface area contributed by atoms with E-state index in [4.69, 9.17) is 0 Å². The van der Waals surface area contributed by atoms with E-state index >= 15 is 0 Å². The molecule has 5 aromatic carbocycles. The molecule has 0 amide bonds. The van der Waals surface area contributed by atoms with E-state index < -0.39 is 0 Å². The third-order valence-corrected chi connectivity index (χ3v) is 7.32. The Morgan fingerprint density at radius 2 is 1.43 bits per heavy atom. The van der Waals surface area contributed by atoms with Crippen LogP contribution in [-0.2, 0) is 0 Å². The zero-order valence-electron chi connectivity index (χ0n) is 16.8. The lowest BCUT2D eigenvalue weighted by Gasteiger charge is -2.11. The first kappa shape index (κ1) is 17.4. The molecule has 0 radical (unpaired) electrons. The van der Waals surface area contributed by atoms with Crippen molar-refractivity contribution >= 4 is 59.1 Å². The second kappa shape index (κ2) is 6.55. The lowest BCUT2D eigenvalue weighted by atomic mass is 9.92. The number of rotatable bonds is 2. The molecule has 0 saturated heterocycles. The molecule has 1 aromatic heterocycles. The van der Waals surface area contributed by atoms with Crippen molar-refractivity contribution in [1.82, 2.24) is 0 Å². The van der Waals surface area contributed by atoms with Gasteiger partial charge < -0.3 is 0 Å². The Kier molecular flexibility index (Phi) is 3.81. The van der Waals surface area contributed by atoms with Gasteiger partial charge in [-0.05, 0) is 57.3 Å². The Bertz CT molecular complexity index is 1610. The molecule has 0 unspecified atom stereocenters. The van der Waals surface area contributed by atoms with Crippen molar-refractivity contribution in [2.24, 2.45) is 0 Å². The molecule has 30 heavy (non-hydrogen) atoms. The summed E-state index contributed by atoms with van der Waals surface area (Å²) in [6.07, 6.45) is 1.92. The fourth-order valence-corrected chi connectivity index (χ4v) is 5.97. The number of benzene rings is 5. The van der Waals surface area contributed by atoms with Crippen molar-refractivity contribution in [2.45, 2.75) is 6.92 Å². The van der Waals surface area contributed by atoms with Crippen LogP contribution in [0.3, 0.4) is 0 Å². The summed E-state index contributed by atoms with van der Waals surface area (Å²) in [7, 11) is 0. The van der Waals surface area contributed by atoms with Gasteiger partial charge in [-0.25, -0.2) is 0 Å². The van der Waals surface area contributed by atoms with E-state index in [1.54, 1.807) is 0 Å². The zero-order valence-corrected chi connectivity index (χ0v) is 17.6. The molecule has 0 saturated carbocycles. The minimum atomic E-state index is 1.16. The summed E-state index contributed by atoms with van der Waals surface area (Å²) in [6, 6.07) is 31.1. The van der Waals surface area contributed by atoms with Crippen molar-refractivity contribution in [1.29, 1.82) is 0 Å². The van der Waals surface area contributed by atoms with Crippen LogP contribution in [0.2, 0.25) is 0 Å². The van der Waals surface area contributed by atoms with Crippen molar-refractivity contribution in [2.75, 3.05) is 0 Å². The molecule has 0 fully saturated rings. The average molecular weight is 401 g/mol. The smallest absolute Gasteiger partial charge is 0.0440 e. The fraction of sp³-hybridized carbons (Fsp3) is 0.0345. The summed E-state index contributed by atoms with van der Waals surface area (Å²) < 4.78 is 2.72. The van der Waals surface area contributed by atoms with Gasteiger partial charge in [-0.15, -0.1) is 11.3 Å². The van der Waals surface area contributed by atoms with Crippen LogP contribution in [0.25, 0.3) is 58.9 Å². The van der Waals surface area contributed by atoms with Gasteiger partial charge in [0.1, 0.15) is 0 Å². The van der Waals surface area contributed by atoms with Gasteiger partial charge >= 0.3 is 0 Å². The highest BCUT2D eigenvalue weighted by atomic mass is 32.1. The van der Waals surface area contributed by atoms with Gasteiger partial charge in [0.15, 0.2) is 0 Å². The SMILES string of the molecule is C=Cc1ccc(-c2cc3ccccc3c3c2sc2ccc4ccccc4c23)c(C)c1. The van der Waals surface area contributed by atoms with E-state index in [-0.39, 0.29) is 0 Å². The Balaban J connectivity index is 1.85. The van der Waals surface area contributed by atoms with Crippen LogP contribution in [0, 0.1) is 6.92 Å². The first-order valence-electron chi connectivity index (χ1n) is 10.2. The first-order chi connectivity index (χ1) is 14.7. The van der Waals surface area contributed by atoms with Crippen LogP contribution >= 0.6 is 11.3 Å². The van der Waals surface area contributed by atoms with Crippen LogP contribution < -0.4 is 0 Å². The van der Waals surface area contributed by atoms with Crippen LogP contribution in [0.5, 0.6) is 0 Å². The van der Waals surface area contributed by atoms with E-state index in [2.05, 4.69) is 98.4 Å². The molecular weight excluding hydrogens is 380 g/mol. The fourth-order valence-electron chi connectivity index (χ4n) is 4.70. The number of fused-ring (bicyclic) bond motifs is 7. The Morgan fingerprint density at radius 3 is 2.20 bits per heavy atom. The summed E-state index contributed by atoms with van der Waals surface area (Å²) in [5, 5.41) is 8.02. The average Bonchev–Trinajstić information content (AvgIpc) is 3.19. The summed E-state index contributed by atoms with van der Waals surface area (Å²) in [5.41, 5.74) is 5.07. The normalized spacial score (nSPS) is 11.6. The van der Waals surface area contributed by atoms with Crippen LogP contribution in [-0.4, -0.2) is 0 Å². The number of hydrogen-bond donors (Lipinski definition) is 0. The lowest BCUT2D eigenvalue weighted by molar-refractivity contribution is 1.46. The molecule has 0 nitrogen and oxygen atoms in total. The molecular formula is C29H20S. The third kappa shape index (κ3) is 2.46. The molecule has 6 rings (SSSR count). The highest BCUT2D eigenvalue weighted by Crippen LogP contribution is 2.46. The van der Waals surface area contributed by atoms with E-state index in [1.165, 1.54) is 58.4 Å². The van der Waals surface area contributed by atoms with Crippen LogP contribution in [0.1, 0.15) is 11.1 Å². The Morgan fingerprint density at radius 1 is 0.700 bits per heavy atom. The summed E-state index contributed by atoms with van der Waals surface area (Å²) in [5.74, 6) is 0. The molecule has 0 bridgehead atoms. The molecule has 0 aliphatic heterocycles. The summed E-state index contributed by atoms with van der Waals surface area (Å²) in [6.45, 7) is 6.13. The predicted octanol–water partition coefficient (Wildman–Crippen LogP) is 8.98. The third-order valence-electron chi connectivity index (χ3n) is 6.13. The van der Waals surface area contributed by atoms with Gasteiger partial charge in [-0.2, -0.15) is 0 Å². The van der Waals surface area contributed by atoms with E-state index in [0.29, 0.717) is 0 Å². The molecule has 0 spiro atoms. The van der Waals surface area contributed by atoms with Gasteiger partial charge in [0.25, 0.3) is 0 Å². The topological polar surface area (TPSA) is 0 Å². The van der Waals surface area contributed by atoms with Gasteiger partial charge in [0.05, 0.1) is 0 Å². The molecule has 1 heterocycles. The van der Waals surface area contributed by atoms with E-state index in [9.17, 15) is 0 Å². The molecule has 0 atom stereocenters. The van der Waals surface area contributed by atoms with Crippen molar-refractivity contribution in [3.63, 3.8) is 0 Å². The zero-order chi connectivity index (χ0) is 20.2. The Hall–Kier alpha value is -3.42. The summed E-state index contributed by atoms with van der Waals surface area (Å²) >= 11 is 1.91. The molecule has 142 valence electrons. The van der Waals surface area contributed by atoms with Crippen molar-refractivity contribution in [3.8, 4) is 11.1 Å². The minimum absolute atomic E-state index is 1.16. The molecule has 1 heteroatoms. The standard InChI is InChI=1S/C29H20S/c1-3-19-12-14-22(18(2)16-19)25-17-21-9-5-7-11-24(21)28-27-23-10-6-4-8-20(23)13-15-26(27)30-29(25)28/h3-17H,1H2,2H3. The van der Waals surface area contributed by atoms with Crippen molar-refractivity contribution in [3.05, 3.63) is 103 Å². The highest BCUT2D eigenvalue weighted by Gasteiger charge is 2.17. The number of thiophene rings is 1. The maximum atomic E-state index is 3.93. The number of hydrogen-bond acceptors (Lipinski definition) is 1. The second-order valence-electron chi connectivity index (χ2n) is 7.89. The largest absolute Gasteiger partial charge is 0.134 e. The van der Waals surface area contributed by atoms with Crippen molar-refractivity contribution < 1.29 is 0 Å². The maximum Gasteiger partial charge on any atom is 0.0440 e. The second-order valence-corrected chi connectivity index (χ2v) is 8.94. The summed E-state index contributed by atoms with van der Waals surface area (Å²) in [4.78, 5) is 0. The van der Waals surface area contributed by atoms with E-state index in [0.717, 1.165) is 5.56 Å². The highest BCUT2D eigenvalue weighted by molar-refractivity contribution is 7.26. The molecule has 0 aliphatic carbocycles. The van der Waals surface area contributed by atoms with Crippen LogP contribution in [0.4, 0.5) is 0 Å².